The third kappa shape index (κ3) is 3.09. The normalized spacial score (nSPS) is 14.5. The Morgan fingerprint density at radius 2 is 1.82 bits per heavy atom. The summed E-state index contributed by atoms with van der Waals surface area (Å²) in [6, 6.07) is 10.7. The molecule has 0 amide bonds. The molecule has 2 rings (SSSR count). The molecular formula is C13H13BrO2S. The molecule has 0 saturated carbocycles. The number of hydrogen-bond acceptors (Lipinski definition) is 3. The van der Waals surface area contributed by atoms with Crippen LogP contribution in [-0.2, 0) is 12.0 Å². The summed E-state index contributed by atoms with van der Waals surface area (Å²) in [4.78, 5) is 1.12. The van der Waals surface area contributed by atoms with Gasteiger partial charge in [-0.3, -0.25) is 0 Å². The topological polar surface area (TPSA) is 40.5 Å². The second-order valence-corrected chi connectivity index (χ2v) is 6.75. The molecule has 2 nitrogen and oxygen atoms in total. The molecule has 0 radical (unpaired) electrons. The second-order valence-electron chi connectivity index (χ2n) is 4.20. The Bertz CT molecular complexity index is 502. The van der Waals surface area contributed by atoms with E-state index in [1.165, 1.54) is 0 Å². The summed E-state index contributed by atoms with van der Waals surface area (Å²) in [5, 5.41) is 19.7. The van der Waals surface area contributed by atoms with Crippen LogP contribution in [0.15, 0.2) is 40.2 Å². The molecule has 2 aromatic rings. The molecule has 2 N–H and O–H groups in total. The number of thiophene rings is 1. The fraction of sp³-hybridized carbons (Fsp3) is 0.231. The highest BCUT2D eigenvalue weighted by Gasteiger charge is 2.24. The molecule has 0 aliphatic carbocycles. The van der Waals surface area contributed by atoms with Crippen LogP contribution < -0.4 is 0 Å². The average molecular weight is 313 g/mol. The van der Waals surface area contributed by atoms with Gasteiger partial charge in [-0.1, -0.05) is 12.1 Å². The van der Waals surface area contributed by atoms with E-state index in [-0.39, 0.29) is 5.75 Å². The van der Waals surface area contributed by atoms with Crippen molar-refractivity contribution in [3.63, 3.8) is 0 Å². The lowest BCUT2D eigenvalue weighted by Crippen LogP contribution is -2.23. The first-order valence-electron chi connectivity index (χ1n) is 5.23. The molecule has 0 aliphatic rings. The molecule has 1 aromatic carbocycles. The predicted octanol–water partition coefficient (Wildman–Crippen LogP) is 3.67. The average Bonchev–Trinajstić information content (AvgIpc) is 2.63. The van der Waals surface area contributed by atoms with Crippen molar-refractivity contribution in [2.75, 3.05) is 0 Å². The minimum absolute atomic E-state index is 0.211. The first-order valence-corrected chi connectivity index (χ1v) is 6.84. The molecule has 1 atom stereocenters. The van der Waals surface area contributed by atoms with Crippen molar-refractivity contribution in [2.45, 2.75) is 18.9 Å². The highest BCUT2D eigenvalue weighted by Crippen LogP contribution is 2.31. The maximum Gasteiger partial charge on any atom is 0.115 e. The standard InChI is InChI=1S/C13H13BrO2S/c1-13(16,8-11-6-7-12(14)17-11)9-2-4-10(15)5-3-9/h2-7,15-16H,8H2,1H3. The van der Waals surface area contributed by atoms with Crippen molar-refractivity contribution in [3.8, 4) is 5.75 Å². The molecule has 0 aliphatic heterocycles. The molecule has 1 unspecified atom stereocenters. The molecule has 0 saturated heterocycles. The van der Waals surface area contributed by atoms with Gasteiger partial charge in [0.05, 0.1) is 9.39 Å². The summed E-state index contributed by atoms with van der Waals surface area (Å²) in [7, 11) is 0. The Kier molecular flexibility index (Phi) is 3.56. The van der Waals surface area contributed by atoms with E-state index in [9.17, 15) is 10.2 Å². The maximum atomic E-state index is 10.4. The van der Waals surface area contributed by atoms with Crippen LogP contribution in [0.5, 0.6) is 5.75 Å². The van der Waals surface area contributed by atoms with Crippen molar-refractivity contribution in [2.24, 2.45) is 0 Å². The van der Waals surface area contributed by atoms with Crippen LogP contribution in [0.2, 0.25) is 0 Å². The highest BCUT2D eigenvalue weighted by molar-refractivity contribution is 9.11. The van der Waals surface area contributed by atoms with Crippen LogP contribution in [0.1, 0.15) is 17.4 Å². The lowest BCUT2D eigenvalue weighted by molar-refractivity contribution is 0.0584. The van der Waals surface area contributed by atoms with Crippen LogP contribution in [0.3, 0.4) is 0 Å². The molecule has 0 bridgehead atoms. The molecule has 0 spiro atoms. The largest absolute Gasteiger partial charge is 0.508 e. The second kappa shape index (κ2) is 4.80. The van der Waals surface area contributed by atoms with Gasteiger partial charge >= 0.3 is 0 Å². The smallest absolute Gasteiger partial charge is 0.115 e. The summed E-state index contributed by atoms with van der Waals surface area (Å²) in [5.74, 6) is 0.211. The first-order chi connectivity index (χ1) is 7.97. The minimum Gasteiger partial charge on any atom is -0.508 e. The summed E-state index contributed by atoms with van der Waals surface area (Å²) in [6.07, 6.45) is 0.564. The summed E-state index contributed by atoms with van der Waals surface area (Å²) in [6.45, 7) is 1.78. The van der Waals surface area contributed by atoms with Gasteiger partial charge in [0.1, 0.15) is 5.75 Å². The van der Waals surface area contributed by atoms with E-state index in [1.54, 1.807) is 42.5 Å². The van der Waals surface area contributed by atoms with Gasteiger partial charge < -0.3 is 10.2 Å². The fourth-order valence-corrected chi connectivity index (χ4v) is 3.34. The zero-order valence-corrected chi connectivity index (χ0v) is 11.8. The van der Waals surface area contributed by atoms with Gasteiger partial charge in [-0.15, -0.1) is 11.3 Å². The van der Waals surface area contributed by atoms with Crippen LogP contribution in [0, 0.1) is 0 Å². The number of hydrogen-bond donors (Lipinski definition) is 2. The van der Waals surface area contributed by atoms with Gasteiger partial charge in [-0.25, -0.2) is 0 Å². The van der Waals surface area contributed by atoms with E-state index in [2.05, 4.69) is 15.9 Å². The van der Waals surface area contributed by atoms with E-state index >= 15 is 0 Å². The van der Waals surface area contributed by atoms with Crippen molar-refractivity contribution in [3.05, 3.63) is 50.6 Å². The molecule has 17 heavy (non-hydrogen) atoms. The van der Waals surface area contributed by atoms with Crippen LogP contribution >= 0.6 is 27.3 Å². The number of phenols is 1. The van der Waals surface area contributed by atoms with Crippen molar-refractivity contribution in [1.82, 2.24) is 0 Å². The van der Waals surface area contributed by atoms with Crippen LogP contribution in [-0.4, -0.2) is 10.2 Å². The van der Waals surface area contributed by atoms with Gasteiger partial charge in [0.15, 0.2) is 0 Å². The number of benzene rings is 1. The fourth-order valence-electron chi connectivity index (χ4n) is 1.71. The predicted molar refractivity (Wildman–Crippen MR) is 73.4 cm³/mol. The number of aromatic hydroxyl groups is 1. The zero-order valence-electron chi connectivity index (χ0n) is 9.35. The Balaban J connectivity index is 2.21. The lowest BCUT2D eigenvalue weighted by Gasteiger charge is -2.23. The van der Waals surface area contributed by atoms with E-state index in [0.717, 1.165) is 14.2 Å². The minimum atomic E-state index is -0.919. The first kappa shape index (κ1) is 12.6. The number of halogens is 1. The number of aliphatic hydroxyl groups is 1. The zero-order chi connectivity index (χ0) is 12.5. The molecule has 0 fully saturated rings. The van der Waals surface area contributed by atoms with E-state index in [0.29, 0.717) is 6.42 Å². The third-order valence-electron chi connectivity index (χ3n) is 2.64. The van der Waals surface area contributed by atoms with Crippen LogP contribution in [0.25, 0.3) is 0 Å². The van der Waals surface area contributed by atoms with E-state index in [4.69, 9.17) is 0 Å². The molecule has 4 heteroatoms. The third-order valence-corrected chi connectivity index (χ3v) is 4.26. The molecule has 1 heterocycles. The maximum absolute atomic E-state index is 10.4. The highest BCUT2D eigenvalue weighted by atomic mass is 79.9. The Labute approximate surface area is 113 Å². The molecule has 90 valence electrons. The number of rotatable bonds is 3. The van der Waals surface area contributed by atoms with E-state index in [1.807, 2.05) is 12.1 Å². The van der Waals surface area contributed by atoms with Crippen LogP contribution in [0.4, 0.5) is 0 Å². The Morgan fingerprint density at radius 3 is 2.35 bits per heavy atom. The summed E-state index contributed by atoms with van der Waals surface area (Å²) < 4.78 is 1.06. The van der Waals surface area contributed by atoms with Gasteiger partial charge in [0.25, 0.3) is 0 Å². The lowest BCUT2D eigenvalue weighted by atomic mass is 9.92. The quantitative estimate of drug-likeness (QED) is 0.908. The number of phenolic OH excluding ortho intramolecular Hbond substituents is 1. The SMILES string of the molecule is CC(O)(Cc1ccc(Br)s1)c1ccc(O)cc1. The Hall–Kier alpha value is -0.840. The van der Waals surface area contributed by atoms with Gasteiger partial charge in [-0.05, 0) is 52.7 Å². The summed E-state index contributed by atoms with van der Waals surface area (Å²) in [5.41, 5.74) is -0.113. The Morgan fingerprint density at radius 1 is 1.18 bits per heavy atom. The van der Waals surface area contributed by atoms with Gasteiger partial charge in [0.2, 0.25) is 0 Å². The van der Waals surface area contributed by atoms with Crippen molar-refractivity contribution < 1.29 is 10.2 Å². The monoisotopic (exact) mass is 312 g/mol. The molecule has 1 aromatic heterocycles. The molecular weight excluding hydrogens is 300 g/mol. The van der Waals surface area contributed by atoms with Crippen molar-refractivity contribution >= 4 is 27.3 Å². The van der Waals surface area contributed by atoms with Gasteiger partial charge in [0, 0.05) is 11.3 Å². The van der Waals surface area contributed by atoms with Gasteiger partial charge in [-0.2, -0.15) is 0 Å². The summed E-state index contributed by atoms with van der Waals surface area (Å²) >= 11 is 5.03. The van der Waals surface area contributed by atoms with Crippen molar-refractivity contribution in [1.29, 1.82) is 0 Å². The van der Waals surface area contributed by atoms with E-state index < -0.39 is 5.60 Å².